The van der Waals surface area contributed by atoms with Crippen LogP contribution in [0.3, 0.4) is 0 Å². The van der Waals surface area contributed by atoms with Crippen molar-refractivity contribution in [2.24, 2.45) is 0 Å². The van der Waals surface area contributed by atoms with E-state index in [4.69, 9.17) is 0 Å². The normalized spacial score (nSPS) is 10.2. The Labute approximate surface area is 159 Å². The van der Waals surface area contributed by atoms with Gasteiger partial charge < -0.3 is 10.6 Å². The average molecular weight is 410 g/mol. The summed E-state index contributed by atoms with van der Waals surface area (Å²) in [6, 6.07) is 16.1. The molecule has 5 nitrogen and oxygen atoms in total. The molecule has 2 aromatic carbocycles. The number of hydrogen-bond donors (Lipinski definition) is 2. The lowest BCUT2D eigenvalue weighted by Gasteiger charge is -2.12. The molecule has 6 heteroatoms. The summed E-state index contributed by atoms with van der Waals surface area (Å²) in [4.78, 5) is 29.1. The molecule has 0 radical (unpaired) electrons. The van der Waals surface area contributed by atoms with Gasteiger partial charge in [-0.2, -0.15) is 0 Å². The van der Waals surface area contributed by atoms with Crippen molar-refractivity contribution in [3.8, 4) is 0 Å². The Morgan fingerprint density at radius 3 is 2.50 bits per heavy atom. The van der Waals surface area contributed by atoms with Crippen molar-refractivity contribution in [2.75, 3.05) is 10.6 Å². The van der Waals surface area contributed by atoms with Gasteiger partial charge in [0.05, 0.1) is 16.8 Å². The molecule has 3 aromatic rings. The van der Waals surface area contributed by atoms with Crippen LogP contribution in [-0.2, 0) is 0 Å². The number of carbonyl (C=O) groups excluding carboxylic acids is 2. The van der Waals surface area contributed by atoms with Crippen LogP contribution >= 0.6 is 15.9 Å². The summed E-state index contributed by atoms with van der Waals surface area (Å²) in [6.45, 7) is 1.95. The molecule has 0 aliphatic carbocycles. The van der Waals surface area contributed by atoms with Gasteiger partial charge in [-0.15, -0.1) is 0 Å². The molecule has 0 bridgehead atoms. The van der Waals surface area contributed by atoms with Crippen molar-refractivity contribution in [1.29, 1.82) is 0 Å². The number of pyridine rings is 1. The first-order valence-electron chi connectivity index (χ1n) is 7.92. The summed E-state index contributed by atoms with van der Waals surface area (Å²) in [6.07, 6.45) is 3.07. The maximum atomic E-state index is 12.6. The fourth-order valence-electron chi connectivity index (χ4n) is 2.44. The van der Waals surface area contributed by atoms with Gasteiger partial charge >= 0.3 is 0 Å². The van der Waals surface area contributed by atoms with E-state index in [0.717, 1.165) is 5.56 Å². The van der Waals surface area contributed by atoms with Crippen LogP contribution in [0.1, 0.15) is 26.3 Å². The second kappa shape index (κ2) is 7.93. The largest absolute Gasteiger partial charge is 0.322 e. The van der Waals surface area contributed by atoms with Crippen LogP contribution in [0, 0.1) is 6.92 Å². The highest BCUT2D eigenvalue weighted by atomic mass is 79.9. The summed E-state index contributed by atoms with van der Waals surface area (Å²) >= 11 is 3.29. The van der Waals surface area contributed by atoms with Crippen LogP contribution in [0.5, 0.6) is 0 Å². The molecule has 0 aliphatic heterocycles. The number of aryl methyl sites for hydroxylation is 1. The van der Waals surface area contributed by atoms with Gasteiger partial charge in [-0.1, -0.05) is 24.3 Å². The Morgan fingerprint density at radius 1 is 0.923 bits per heavy atom. The van der Waals surface area contributed by atoms with Crippen LogP contribution in [0.25, 0.3) is 0 Å². The quantitative estimate of drug-likeness (QED) is 0.658. The number of carbonyl (C=O) groups is 2. The topological polar surface area (TPSA) is 71.1 Å². The highest BCUT2D eigenvalue weighted by Gasteiger charge is 2.14. The summed E-state index contributed by atoms with van der Waals surface area (Å²) in [5.74, 6) is -0.631. The predicted octanol–water partition coefficient (Wildman–Crippen LogP) is 4.66. The number of hydrogen-bond acceptors (Lipinski definition) is 3. The van der Waals surface area contributed by atoms with E-state index in [9.17, 15) is 9.59 Å². The van der Waals surface area contributed by atoms with Gasteiger partial charge in [0, 0.05) is 22.6 Å². The van der Waals surface area contributed by atoms with E-state index < -0.39 is 0 Å². The van der Waals surface area contributed by atoms with E-state index in [1.165, 1.54) is 6.20 Å². The summed E-state index contributed by atoms with van der Waals surface area (Å²) < 4.78 is 0.704. The van der Waals surface area contributed by atoms with E-state index in [0.29, 0.717) is 27.0 Å². The van der Waals surface area contributed by atoms with Gasteiger partial charge in [0.1, 0.15) is 0 Å². The molecule has 1 heterocycles. The van der Waals surface area contributed by atoms with Gasteiger partial charge in [0.15, 0.2) is 0 Å². The Hall–Kier alpha value is -2.99. The van der Waals surface area contributed by atoms with E-state index in [1.54, 1.807) is 36.5 Å². The van der Waals surface area contributed by atoms with Crippen LogP contribution < -0.4 is 10.6 Å². The molecule has 26 heavy (non-hydrogen) atoms. The van der Waals surface area contributed by atoms with Gasteiger partial charge in [-0.05, 0) is 58.7 Å². The molecule has 0 aliphatic rings. The summed E-state index contributed by atoms with van der Waals surface area (Å²) in [5, 5.41) is 5.62. The number of amides is 2. The molecule has 0 fully saturated rings. The van der Waals surface area contributed by atoms with E-state index >= 15 is 0 Å². The lowest BCUT2D eigenvalue weighted by molar-refractivity contribution is 0.102. The number of halogens is 1. The minimum atomic E-state index is -0.338. The zero-order valence-corrected chi connectivity index (χ0v) is 15.6. The Morgan fingerprint density at radius 2 is 1.73 bits per heavy atom. The van der Waals surface area contributed by atoms with Crippen molar-refractivity contribution >= 4 is 39.1 Å². The standard InChI is InChI=1S/C20H16BrN3O2/c1-13-5-4-6-16(9-13)23-20(26)17-7-2-3-8-18(17)24-19(25)14-10-15(21)12-22-11-14/h2-12H,1H3,(H,23,26)(H,24,25). The highest BCUT2D eigenvalue weighted by Crippen LogP contribution is 2.19. The number of rotatable bonds is 4. The second-order valence-corrected chi connectivity index (χ2v) is 6.63. The zero-order chi connectivity index (χ0) is 18.5. The lowest BCUT2D eigenvalue weighted by Crippen LogP contribution is -2.18. The maximum absolute atomic E-state index is 12.6. The van der Waals surface area contributed by atoms with Gasteiger partial charge in [-0.25, -0.2) is 0 Å². The van der Waals surface area contributed by atoms with Crippen molar-refractivity contribution in [1.82, 2.24) is 4.98 Å². The Bertz CT molecular complexity index is 973. The van der Waals surface area contributed by atoms with Crippen molar-refractivity contribution < 1.29 is 9.59 Å². The number of nitrogens with zero attached hydrogens (tertiary/aromatic N) is 1. The highest BCUT2D eigenvalue weighted by molar-refractivity contribution is 9.10. The number of aromatic nitrogens is 1. The van der Waals surface area contributed by atoms with E-state index in [1.807, 2.05) is 31.2 Å². The van der Waals surface area contributed by atoms with Crippen molar-refractivity contribution in [3.63, 3.8) is 0 Å². The molecule has 2 amide bonds. The molecule has 0 unspecified atom stereocenters. The molecular weight excluding hydrogens is 394 g/mol. The monoisotopic (exact) mass is 409 g/mol. The lowest BCUT2D eigenvalue weighted by atomic mass is 10.1. The van der Waals surface area contributed by atoms with Crippen LogP contribution in [0.15, 0.2) is 71.5 Å². The Balaban J connectivity index is 1.81. The first-order valence-corrected chi connectivity index (χ1v) is 8.71. The van der Waals surface area contributed by atoms with Gasteiger partial charge in [0.25, 0.3) is 11.8 Å². The molecule has 130 valence electrons. The number of anilines is 2. The van der Waals surface area contributed by atoms with E-state index in [2.05, 4.69) is 31.5 Å². The molecule has 1 aromatic heterocycles. The molecule has 0 spiro atoms. The van der Waals surface area contributed by atoms with Crippen LogP contribution in [0.4, 0.5) is 11.4 Å². The molecular formula is C20H16BrN3O2. The molecule has 0 atom stereocenters. The fraction of sp³-hybridized carbons (Fsp3) is 0.0500. The summed E-state index contributed by atoms with van der Waals surface area (Å²) in [7, 11) is 0. The number of benzene rings is 2. The van der Waals surface area contributed by atoms with Gasteiger partial charge in [-0.3, -0.25) is 14.6 Å². The molecule has 2 N–H and O–H groups in total. The summed E-state index contributed by atoms with van der Waals surface area (Å²) in [5.41, 5.74) is 2.96. The fourth-order valence-corrected chi connectivity index (χ4v) is 2.81. The minimum absolute atomic E-state index is 0.293. The number of para-hydroxylation sites is 1. The minimum Gasteiger partial charge on any atom is -0.322 e. The van der Waals surface area contributed by atoms with E-state index in [-0.39, 0.29) is 11.8 Å². The third-order valence-electron chi connectivity index (χ3n) is 3.66. The van der Waals surface area contributed by atoms with Crippen molar-refractivity contribution in [3.05, 3.63) is 88.2 Å². The maximum Gasteiger partial charge on any atom is 0.257 e. The third-order valence-corrected chi connectivity index (χ3v) is 4.10. The zero-order valence-electron chi connectivity index (χ0n) is 14.0. The SMILES string of the molecule is Cc1cccc(NC(=O)c2ccccc2NC(=O)c2cncc(Br)c2)c1. The predicted molar refractivity (Wildman–Crippen MR) is 105 cm³/mol. The smallest absolute Gasteiger partial charge is 0.257 e. The molecule has 3 rings (SSSR count). The van der Waals surface area contributed by atoms with Gasteiger partial charge in [0.2, 0.25) is 0 Å². The van der Waals surface area contributed by atoms with Crippen LogP contribution in [-0.4, -0.2) is 16.8 Å². The van der Waals surface area contributed by atoms with Crippen LogP contribution in [0.2, 0.25) is 0 Å². The second-order valence-electron chi connectivity index (χ2n) is 5.72. The first kappa shape index (κ1) is 17.8. The molecule has 0 saturated carbocycles. The molecule has 0 saturated heterocycles. The number of nitrogens with one attached hydrogen (secondary N) is 2. The Kier molecular flexibility index (Phi) is 5.43. The van der Waals surface area contributed by atoms with Crippen molar-refractivity contribution in [2.45, 2.75) is 6.92 Å². The third kappa shape index (κ3) is 4.34. The first-order chi connectivity index (χ1) is 12.5. The average Bonchev–Trinajstić information content (AvgIpc) is 2.62.